The van der Waals surface area contributed by atoms with E-state index in [2.05, 4.69) is 21.2 Å². The van der Waals surface area contributed by atoms with Crippen molar-refractivity contribution in [2.24, 2.45) is 0 Å². The summed E-state index contributed by atoms with van der Waals surface area (Å²) < 4.78 is 33.4. The standard InChI is InChI=1S/C19H18BrNO4S/c1-11-3-6-13(7-4-11)26(23,24)17-15-10-19(2,21-18(17)22)25-16-8-5-12(20)9-14(15)16/h3-9,15,17H,10H2,1-2H3,(H,21,22)/t15-,17-,19+/m1/s1. The Morgan fingerprint density at radius 3 is 2.58 bits per heavy atom. The fourth-order valence-electron chi connectivity index (χ4n) is 3.81. The molecule has 1 amide bonds. The van der Waals surface area contributed by atoms with Gasteiger partial charge < -0.3 is 10.1 Å². The molecule has 0 aromatic heterocycles. The van der Waals surface area contributed by atoms with Crippen molar-refractivity contribution < 1.29 is 17.9 Å². The molecule has 2 aliphatic heterocycles. The first-order valence-electron chi connectivity index (χ1n) is 8.31. The molecule has 2 bridgehead atoms. The van der Waals surface area contributed by atoms with Gasteiger partial charge >= 0.3 is 0 Å². The van der Waals surface area contributed by atoms with E-state index in [1.54, 1.807) is 37.3 Å². The number of fused-ring (bicyclic) bond motifs is 4. The normalized spacial score (nSPS) is 27.3. The van der Waals surface area contributed by atoms with Crippen LogP contribution in [-0.2, 0) is 14.6 Å². The number of hydrogen-bond donors (Lipinski definition) is 1. The molecule has 3 atom stereocenters. The quantitative estimate of drug-likeness (QED) is 0.784. The summed E-state index contributed by atoms with van der Waals surface area (Å²) in [5.74, 6) is -0.382. The summed E-state index contributed by atoms with van der Waals surface area (Å²) in [6, 6.07) is 12.1. The highest BCUT2D eigenvalue weighted by atomic mass is 79.9. The van der Waals surface area contributed by atoms with Gasteiger partial charge in [0.25, 0.3) is 0 Å². The molecule has 0 spiro atoms. The molecule has 0 saturated carbocycles. The minimum Gasteiger partial charge on any atom is -0.468 e. The molecule has 1 saturated heterocycles. The number of hydrogen-bond acceptors (Lipinski definition) is 4. The number of piperidine rings is 1. The summed E-state index contributed by atoms with van der Waals surface area (Å²) in [4.78, 5) is 13.0. The maximum absolute atomic E-state index is 13.3. The number of benzene rings is 2. The summed E-state index contributed by atoms with van der Waals surface area (Å²) in [5.41, 5.74) is 0.805. The minimum absolute atomic E-state index is 0.162. The predicted molar refractivity (Wildman–Crippen MR) is 101 cm³/mol. The Kier molecular flexibility index (Phi) is 3.93. The van der Waals surface area contributed by atoms with Gasteiger partial charge in [0.15, 0.2) is 20.8 Å². The minimum atomic E-state index is -3.84. The van der Waals surface area contributed by atoms with Crippen LogP contribution in [0.15, 0.2) is 51.8 Å². The lowest BCUT2D eigenvalue weighted by Crippen LogP contribution is -2.63. The Balaban J connectivity index is 1.86. The summed E-state index contributed by atoms with van der Waals surface area (Å²) in [6.07, 6.45) is 0.401. The molecular formula is C19H18BrNO4S. The second kappa shape index (κ2) is 5.82. The number of carbonyl (C=O) groups is 1. The third-order valence-electron chi connectivity index (χ3n) is 5.01. The van der Waals surface area contributed by atoms with Gasteiger partial charge in [-0.1, -0.05) is 33.6 Å². The summed E-state index contributed by atoms with van der Waals surface area (Å²) in [5, 5.41) is 1.58. The zero-order chi connectivity index (χ0) is 18.7. The molecule has 2 heterocycles. The van der Waals surface area contributed by atoms with Gasteiger partial charge in [-0.15, -0.1) is 0 Å². The van der Waals surface area contributed by atoms with E-state index in [1.807, 2.05) is 19.1 Å². The number of aryl methyl sites for hydroxylation is 1. The average molecular weight is 436 g/mol. The van der Waals surface area contributed by atoms with Crippen molar-refractivity contribution in [1.82, 2.24) is 5.32 Å². The SMILES string of the molecule is Cc1ccc(S(=O)(=O)[C@H]2C(=O)N[C@]3(C)C[C@@H]2c2cc(Br)ccc2O3)cc1. The second-order valence-electron chi connectivity index (χ2n) is 7.09. The summed E-state index contributed by atoms with van der Waals surface area (Å²) >= 11 is 3.43. The molecule has 136 valence electrons. The highest BCUT2D eigenvalue weighted by molar-refractivity contribution is 9.10. The van der Waals surface area contributed by atoms with Crippen molar-refractivity contribution in [2.45, 2.75) is 42.1 Å². The Hall–Kier alpha value is -1.86. The van der Waals surface area contributed by atoms with Gasteiger partial charge in [0, 0.05) is 22.4 Å². The van der Waals surface area contributed by atoms with Crippen LogP contribution >= 0.6 is 15.9 Å². The van der Waals surface area contributed by atoms with E-state index in [0.29, 0.717) is 12.2 Å². The Bertz CT molecular complexity index is 1000. The molecule has 0 aliphatic carbocycles. The van der Waals surface area contributed by atoms with Crippen LogP contribution in [0.2, 0.25) is 0 Å². The third-order valence-corrected chi connectivity index (χ3v) is 7.64. The molecule has 2 aromatic carbocycles. The number of nitrogens with one attached hydrogen (secondary N) is 1. The molecule has 1 N–H and O–H groups in total. The van der Waals surface area contributed by atoms with Crippen molar-refractivity contribution in [3.05, 3.63) is 58.1 Å². The Labute approximate surface area is 160 Å². The number of halogens is 1. The largest absolute Gasteiger partial charge is 0.468 e. The van der Waals surface area contributed by atoms with E-state index in [-0.39, 0.29) is 4.90 Å². The molecule has 0 unspecified atom stereocenters. The van der Waals surface area contributed by atoms with E-state index < -0.39 is 32.6 Å². The highest BCUT2D eigenvalue weighted by Gasteiger charge is 2.54. The number of amides is 1. The first-order chi connectivity index (χ1) is 12.2. The van der Waals surface area contributed by atoms with Gasteiger partial charge in [0.2, 0.25) is 5.91 Å². The molecule has 26 heavy (non-hydrogen) atoms. The van der Waals surface area contributed by atoms with E-state index in [0.717, 1.165) is 15.6 Å². The van der Waals surface area contributed by atoms with E-state index in [1.165, 1.54) is 0 Å². The monoisotopic (exact) mass is 435 g/mol. The Morgan fingerprint density at radius 1 is 1.19 bits per heavy atom. The average Bonchev–Trinajstić information content (AvgIpc) is 2.55. The van der Waals surface area contributed by atoms with Crippen LogP contribution in [0.4, 0.5) is 0 Å². The van der Waals surface area contributed by atoms with Crippen LogP contribution in [0.1, 0.15) is 30.4 Å². The van der Waals surface area contributed by atoms with E-state index >= 15 is 0 Å². The predicted octanol–water partition coefficient (Wildman–Crippen LogP) is 3.31. The van der Waals surface area contributed by atoms with Gasteiger partial charge in [-0.25, -0.2) is 8.42 Å². The summed E-state index contributed by atoms with van der Waals surface area (Å²) in [6.45, 7) is 3.67. The molecular weight excluding hydrogens is 418 g/mol. The van der Waals surface area contributed by atoms with Crippen molar-refractivity contribution in [2.75, 3.05) is 0 Å². The molecule has 7 heteroatoms. The van der Waals surface area contributed by atoms with Crippen LogP contribution in [0, 0.1) is 6.92 Å². The van der Waals surface area contributed by atoms with Crippen LogP contribution in [0.5, 0.6) is 5.75 Å². The maximum Gasteiger partial charge on any atom is 0.242 e. The molecule has 4 rings (SSSR count). The van der Waals surface area contributed by atoms with Crippen LogP contribution in [0.3, 0.4) is 0 Å². The van der Waals surface area contributed by atoms with Gasteiger partial charge in [0.1, 0.15) is 5.75 Å². The zero-order valence-electron chi connectivity index (χ0n) is 14.3. The van der Waals surface area contributed by atoms with E-state index in [9.17, 15) is 13.2 Å². The molecule has 2 aromatic rings. The second-order valence-corrected chi connectivity index (χ2v) is 10.1. The van der Waals surface area contributed by atoms with Crippen molar-refractivity contribution in [3.8, 4) is 5.75 Å². The topological polar surface area (TPSA) is 72.5 Å². The number of rotatable bonds is 2. The van der Waals surface area contributed by atoms with Crippen LogP contribution in [-0.4, -0.2) is 25.3 Å². The Morgan fingerprint density at radius 2 is 1.88 bits per heavy atom. The first-order valence-corrected chi connectivity index (χ1v) is 10.6. The molecule has 0 radical (unpaired) electrons. The lowest BCUT2D eigenvalue weighted by Gasteiger charge is -2.46. The van der Waals surface area contributed by atoms with E-state index in [4.69, 9.17) is 4.74 Å². The van der Waals surface area contributed by atoms with Crippen molar-refractivity contribution in [3.63, 3.8) is 0 Å². The van der Waals surface area contributed by atoms with Gasteiger partial charge in [0.05, 0.1) is 4.90 Å². The zero-order valence-corrected chi connectivity index (χ0v) is 16.7. The molecule has 5 nitrogen and oxygen atoms in total. The van der Waals surface area contributed by atoms with Crippen LogP contribution < -0.4 is 10.1 Å². The maximum atomic E-state index is 13.3. The fraction of sp³-hybridized carbons (Fsp3) is 0.316. The number of ether oxygens (including phenoxy) is 1. The lowest BCUT2D eigenvalue weighted by molar-refractivity contribution is -0.132. The fourth-order valence-corrected chi connectivity index (χ4v) is 6.01. The number of carbonyl (C=O) groups excluding carboxylic acids is 1. The third kappa shape index (κ3) is 2.74. The van der Waals surface area contributed by atoms with Gasteiger partial charge in [-0.2, -0.15) is 0 Å². The smallest absolute Gasteiger partial charge is 0.242 e. The summed E-state index contributed by atoms with van der Waals surface area (Å²) in [7, 11) is -3.84. The van der Waals surface area contributed by atoms with Crippen molar-refractivity contribution in [1.29, 1.82) is 0 Å². The van der Waals surface area contributed by atoms with Crippen molar-refractivity contribution >= 4 is 31.7 Å². The first kappa shape index (κ1) is 17.5. The van der Waals surface area contributed by atoms with Crippen LogP contribution in [0.25, 0.3) is 0 Å². The lowest BCUT2D eigenvalue weighted by atomic mass is 9.81. The highest BCUT2D eigenvalue weighted by Crippen LogP contribution is 2.47. The van der Waals surface area contributed by atoms with Gasteiger partial charge in [-0.3, -0.25) is 4.79 Å². The number of sulfone groups is 1. The molecule has 2 aliphatic rings. The van der Waals surface area contributed by atoms with Gasteiger partial charge in [-0.05, 0) is 44.2 Å². The molecule has 1 fully saturated rings.